The molecule has 334 valence electrons. The molecule has 6 heteroatoms. The van der Waals surface area contributed by atoms with Crippen LogP contribution in [0.1, 0.15) is 129 Å². The molecule has 65 heavy (non-hydrogen) atoms. The Bertz CT molecular complexity index is 3120. The van der Waals surface area contributed by atoms with Crippen LogP contribution >= 0.6 is 0 Å². The first-order chi connectivity index (χ1) is 30.4. The number of hydrogen-bond donors (Lipinski definition) is 0. The maximum absolute atomic E-state index is 6.80. The monoisotopic (exact) mass is 1040 g/mol. The Morgan fingerprint density at radius 3 is 1.91 bits per heavy atom. The Morgan fingerprint density at radius 2 is 1.25 bits per heavy atom. The second-order valence-corrected chi connectivity index (χ2v) is 21.1. The van der Waals surface area contributed by atoms with Gasteiger partial charge in [0.2, 0.25) is 11.4 Å². The molecule has 0 radical (unpaired) electrons. The molecule has 0 aliphatic carbocycles. The molecule has 6 aromatic carbocycles. The number of benzene rings is 6. The van der Waals surface area contributed by atoms with Gasteiger partial charge in [-0.3, -0.25) is 0 Å². The first-order valence-electron chi connectivity index (χ1n) is 23.1. The average Bonchev–Trinajstić information content (AvgIpc) is 3.76. The quantitative estimate of drug-likeness (QED) is 0.0818. The summed E-state index contributed by atoms with van der Waals surface area (Å²) in [5.41, 5.74) is 16.1. The maximum Gasteiger partial charge on any atom is 0.225 e. The van der Waals surface area contributed by atoms with E-state index in [1.54, 1.807) is 0 Å². The molecule has 1 fully saturated rings. The van der Waals surface area contributed by atoms with E-state index in [1.165, 1.54) is 61.4 Å². The Morgan fingerprint density at radius 1 is 0.600 bits per heavy atom. The van der Waals surface area contributed by atoms with E-state index >= 15 is 0 Å². The summed E-state index contributed by atoms with van der Waals surface area (Å²) in [6.45, 7) is 29.9. The molecule has 0 saturated carbocycles. The van der Waals surface area contributed by atoms with Crippen molar-refractivity contribution in [3.05, 3.63) is 174 Å². The van der Waals surface area contributed by atoms with Crippen molar-refractivity contribution in [3.63, 3.8) is 0 Å². The van der Waals surface area contributed by atoms with Gasteiger partial charge in [0.1, 0.15) is 5.82 Å². The van der Waals surface area contributed by atoms with Crippen molar-refractivity contribution >= 4 is 44.6 Å². The molecular formula is C59H61N4OPt-. The largest absolute Gasteiger partial charge is 0.509 e. The number of hydrogen-bond acceptors (Lipinski definition) is 2. The summed E-state index contributed by atoms with van der Waals surface area (Å²) in [6, 6.07) is 52.0. The fraction of sp³-hybridized carbons (Fsp3) is 0.288. The third-order valence-corrected chi connectivity index (χ3v) is 13.8. The van der Waals surface area contributed by atoms with Crippen LogP contribution in [0.15, 0.2) is 128 Å². The second-order valence-electron chi connectivity index (χ2n) is 21.1. The minimum absolute atomic E-state index is 0. The van der Waals surface area contributed by atoms with E-state index in [1.807, 2.05) is 18.3 Å². The number of quaternary nitrogens is 2. The molecule has 5 nitrogen and oxygen atoms in total. The van der Waals surface area contributed by atoms with Gasteiger partial charge in [-0.25, -0.2) is 9.58 Å². The summed E-state index contributed by atoms with van der Waals surface area (Å²) in [7, 11) is 0. The normalized spacial score (nSPS) is 17.9. The van der Waals surface area contributed by atoms with Gasteiger partial charge in [-0.05, 0) is 91.1 Å². The number of pyridine rings is 1. The molecule has 2 aromatic heterocycles. The average molecular weight is 1040 g/mol. The fourth-order valence-electron chi connectivity index (χ4n) is 10.1. The number of ether oxygens (including phenoxy) is 1. The Hall–Kier alpha value is -5.32. The van der Waals surface area contributed by atoms with Crippen LogP contribution in [0, 0.1) is 18.8 Å². The van der Waals surface area contributed by atoms with Crippen molar-refractivity contribution in [2.75, 3.05) is 0 Å². The summed E-state index contributed by atoms with van der Waals surface area (Å²) < 4.78 is 10.3. The predicted octanol–water partition coefficient (Wildman–Crippen LogP) is 16.5. The molecule has 2 atom stereocenters. The SMILES string of the molecule is CC(C)c1cc(C(C)C)c(-c2ccnc(-n3c4[c-]c(Oc5[c-]c([N+]67[CH-][N@+]6(c6cccc(C(C)(C)C)c6)c6ccccc67)ccc5)ccc4c4cc(C(C)(C)C)ccc43)c2)c(C(C)C)c1.[Pt]. The summed E-state index contributed by atoms with van der Waals surface area (Å²) in [4.78, 5) is 5.10. The predicted molar refractivity (Wildman–Crippen MR) is 268 cm³/mol. The van der Waals surface area contributed by atoms with Gasteiger partial charge in [-0.2, -0.15) is 16.7 Å². The minimum Gasteiger partial charge on any atom is -0.509 e. The number of nitrogens with zero attached hydrogens (tertiary/aromatic N) is 4. The van der Waals surface area contributed by atoms with Crippen molar-refractivity contribution < 1.29 is 25.8 Å². The van der Waals surface area contributed by atoms with Gasteiger partial charge in [0, 0.05) is 68.5 Å². The molecule has 0 N–H and O–H groups in total. The van der Waals surface area contributed by atoms with E-state index in [9.17, 15) is 0 Å². The standard InChI is InChI=1S/C59H61N4O.Pt/c1-37(2)41-29-49(38(3)4)57(50(30-41)39(5)6)40-27-28-60-56(31-40)61-52-26-23-43(59(10,11)12)33-51(52)48-25-24-47(35-53(48)61)64-46-20-16-19-45(34-46)63-36-62(63,54-21-13-14-22-55(54)63)44-18-15-17-42(32-44)58(7,8)9;/h13-33,36-39H,1-12H3;/q-1;/t62-,63?;/m0./s1. The fourth-order valence-corrected chi connectivity index (χ4v) is 10.1. The zero-order valence-corrected chi connectivity index (χ0v) is 42.2. The summed E-state index contributed by atoms with van der Waals surface area (Å²) >= 11 is 0. The molecule has 0 bridgehead atoms. The van der Waals surface area contributed by atoms with Crippen LogP contribution in [0.2, 0.25) is 0 Å². The Labute approximate surface area is 401 Å². The maximum atomic E-state index is 6.80. The number of fused-ring (bicyclic) bond motifs is 7. The first kappa shape index (κ1) is 44.9. The molecule has 8 aromatic rings. The number of rotatable bonds is 9. The molecule has 2 aliphatic rings. The minimum atomic E-state index is -0.0132. The molecule has 4 heterocycles. The van der Waals surface area contributed by atoms with Gasteiger partial charge in [0.05, 0.1) is 5.69 Å². The second kappa shape index (κ2) is 15.9. The molecule has 0 amide bonds. The summed E-state index contributed by atoms with van der Waals surface area (Å²) in [6.07, 6.45) is 1.97. The topological polar surface area (TPSA) is 27.1 Å². The third-order valence-electron chi connectivity index (χ3n) is 13.8. The van der Waals surface area contributed by atoms with E-state index in [0.717, 1.165) is 27.9 Å². The zero-order valence-electron chi connectivity index (χ0n) is 39.9. The Balaban J connectivity index is 0.00000533. The van der Waals surface area contributed by atoms with Crippen molar-refractivity contribution in [3.8, 4) is 28.4 Å². The van der Waals surface area contributed by atoms with E-state index < -0.39 is 0 Å². The van der Waals surface area contributed by atoms with Crippen molar-refractivity contribution in [2.24, 2.45) is 0 Å². The molecule has 2 aliphatic heterocycles. The van der Waals surface area contributed by atoms with Gasteiger partial charge in [0.15, 0.2) is 12.4 Å². The van der Waals surface area contributed by atoms with Crippen LogP contribution in [0.5, 0.6) is 11.5 Å². The van der Waals surface area contributed by atoms with Gasteiger partial charge in [-0.1, -0.05) is 143 Å². The van der Waals surface area contributed by atoms with Crippen LogP contribution < -0.4 is 13.9 Å². The molecular weight excluding hydrogens is 976 g/mol. The van der Waals surface area contributed by atoms with Gasteiger partial charge in [-0.15, -0.1) is 29.7 Å². The smallest absolute Gasteiger partial charge is 0.225 e. The van der Waals surface area contributed by atoms with Crippen LogP contribution in [0.4, 0.5) is 22.7 Å². The summed E-state index contributed by atoms with van der Waals surface area (Å²) in [5, 5.41) is 2.28. The van der Waals surface area contributed by atoms with Gasteiger partial charge in [0.25, 0.3) is 0 Å². The van der Waals surface area contributed by atoms with Crippen LogP contribution in [-0.4, -0.2) is 9.55 Å². The molecule has 1 unspecified atom stereocenters. The van der Waals surface area contributed by atoms with Gasteiger partial charge < -0.3 is 9.30 Å². The molecule has 10 rings (SSSR count). The van der Waals surface area contributed by atoms with Crippen molar-refractivity contribution in [1.82, 2.24) is 18.7 Å². The summed E-state index contributed by atoms with van der Waals surface area (Å²) in [5.74, 6) is 3.31. The van der Waals surface area contributed by atoms with Crippen LogP contribution in [0.25, 0.3) is 38.8 Å². The van der Waals surface area contributed by atoms with Crippen molar-refractivity contribution in [2.45, 2.75) is 112 Å². The number of aromatic nitrogens is 2. The van der Waals surface area contributed by atoms with Crippen LogP contribution in [-0.2, 0) is 31.9 Å². The first-order valence-corrected chi connectivity index (χ1v) is 23.1. The van der Waals surface area contributed by atoms with Crippen LogP contribution in [0.3, 0.4) is 0 Å². The number of para-hydroxylation sites is 2. The Kier molecular flexibility index (Phi) is 11.0. The van der Waals surface area contributed by atoms with E-state index in [-0.39, 0.29) is 31.9 Å². The van der Waals surface area contributed by atoms with E-state index in [0.29, 0.717) is 38.4 Å². The van der Waals surface area contributed by atoms with Gasteiger partial charge >= 0.3 is 0 Å². The van der Waals surface area contributed by atoms with E-state index in [2.05, 4.69) is 216 Å². The zero-order chi connectivity index (χ0) is 45.1. The third kappa shape index (κ3) is 7.12. The molecule has 0 spiro atoms. The van der Waals surface area contributed by atoms with Crippen molar-refractivity contribution in [1.29, 1.82) is 0 Å². The molecule has 1 saturated heterocycles. The van der Waals surface area contributed by atoms with E-state index in [4.69, 9.17) is 9.72 Å².